The summed E-state index contributed by atoms with van der Waals surface area (Å²) >= 11 is 0. The van der Waals surface area contributed by atoms with Gasteiger partial charge in [0.15, 0.2) is 11.5 Å². The van der Waals surface area contributed by atoms with Gasteiger partial charge in [0.25, 0.3) is 5.91 Å². The lowest BCUT2D eigenvalue weighted by atomic mass is 10.2. The van der Waals surface area contributed by atoms with Crippen molar-refractivity contribution in [3.8, 4) is 11.5 Å². The summed E-state index contributed by atoms with van der Waals surface area (Å²) < 4.78 is 38.7. The summed E-state index contributed by atoms with van der Waals surface area (Å²) in [4.78, 5) is 29.0. The Morgan fingerprint density at radius 3 is 2.31 bits per heavy atom. The molecule has 0 unspecified atom stereocenters. The molecule has 3 rings (SSSR count). The third kappa shape index (κ3) is 6.74. The van der Waals surface area contributed by atoms with Crippen LogP contribution in [0.25, 0.3) is 0 Å². The van der Waals surface area contributed by atoms with E-state index in [0.717, 1.165) is 0 Å². The van der Waals surface area contributed by atoms with Crippen LogP contribution in [-0.2, 0) is 14.8 Å². The summed E-state index contributed by atoms with van der Waals surface area (Å²) in [5.74, 6) is 0.233. The summed E-state index contributed by atoms with van der Waals surface area (Å²) in [6.07, 6.45) is 0. The molecule has 1 heterocycles. The number of nitrogens with one attached hydrogen (secondary N) is 1. The van der Waals surface area contributed by atoms with Gasteiger partial charge >= 0.3 is 0 Å². The van der Waals surface area contributed by atoms with E-state index in [-0.39, 0.29) is 17.0 Å². The molecule has 0 atom stereocenters. The average molecular weight is 519 g/mol. The molecule has 0 spiro atoms. The van der Waals surface area contributed by atoms with Gasteiger partial charge in [-0.1, -0.05) is 6.07 Å². The Morgan fingerprint density at radius 1 is 0.972 bits per heavy atom. The first-order valence-electron chi connectivity index (χ1n) is 11.9. The Bertz CT molecular complexity index is 1180. The van der Waals surface area contributed by atoms with Gasteiger partial charge in [0, 0.05) is 50.5 Å². The van der Waals surface area contributed by atoms with E-state index in [1.807, 2.05) is 20.9 Å². The maximum Gasteiger partial charge on any atom is 0.254 e. The second kappa shape index (κ2) is 12.2. The monoisotopic (exact) mass is 518 g/mol. The standard InChI is InChI=1S/C25H34N4O6S/c1-5-34-22-11-10-20(17-23(22)35-6-2)26-24(30)18-28(4)25(31)19-8-7-9-21(16-19)36(32,33)29-14-12-27(3)13-15-29/h7-11,16-17H,5-6,12-15,18H2,1-4H3,(H,26,30). The fraction of sp³-hybridized carbons (Fsp3) is 0.440. The van der Waals surface area contributed by atoms with Crippen LogP contribution in [0, 0.1) is 0 Å². The summed E-state index contributed by atoms with van der Waals surface area (Å²) in [7, 11) is -0.272. The van der Waals surface area contributed by atoms with Gasteiger partial charge in [-0.15, -0.1) is 0 Å². The fourth-order valence-electron chi connectivity index (χ4n) is 3.80. The minimum atomic E-state index is -3.71. The molecule has 2 amide bonds. The van der Waals surface area contributed by atoms with Crippen molar-refractivity contribution < 1.29 is 27.5 Å². The molecular weight excluding hydrogens is 484 g/mol. The zero-order chi connectivity index (χ0) is 26.3. The zero-order valence-electron chi connectivity index (χ0n) is 21.2. The minimum Gasteiger partial charge on any atom is -0.490 e. The smallest absolute Gasteiger partial charge is 0.254 e. The third-order valence-corrected chi connectivity index (χ3v) is 7.63. The molecule has 0 aliphatic carbocycles. The molecule has 2 aromatic carbocycles. The normalized spacial score (nSPS) is 14.8. The van der Waals surface area contributed by atoms with Crippen LogP contribution in [0.4, 0.5) is 5.69 Å². The van der Waals surface area contributed by atoms with E-state index in [4.69, 9.17) is 9.47 Å². The van der Waals surface area contributed by atoms with E-state index in [0.29, 0.717) is 56.6 Å². The van der Waals surface area contributed by atoms with Gasteiger partial charge in [-0.3, -0.25) is 9.59 Å². The molecule has 196 valence electrons. The van der Waals surface area contributed by atoms with E-state index in [1.165, 1.54) is 28.4 Å². The number of nitrogens with zero attached hydrogens (tertiary/aromatic N) is 3. The molecule has 10 nitrogen and oxygen atoms in total. The summed E-state index contributed by atoms with van der Waals surface area (Å²) in [5.41, 5.74) is 0.702. The Balaban J connectivity index is 1.66. The number of amides is 2. The van der Waals surface area contributed by atoms with E-state index in [2.05, 4.69) is 10.2 Å². The average Bonchev–Trinajstić information content (AvgIpc) is 2.85. The Morgan fingerprint density at radius 2 is 1.64 bits per heavy atom. The molecule has 0 radical (unpaired) electrons. The van der Waals surface area contributed by atoms with Crippen molar-refractivity contribution in [2.75, 3.05) is 65.3 Å². The van der Waals surface area contributed by atoms with Gasteiger partial charge in [0.1, 0.15) is 0 Å². The number of piperazine rings is 1. The van der Waals surface area contributed by atoms with Crippen molar-refractivity contribution in [2.45, 2.75) is 18.7 Å². The number of sulfonamides is 1. The number of benzene rings is 2. The molecular formula is C25H34N4O6S. The molecule has 11 heteroatoms. The van der Waals surface area contributed by atoms with Gasteiger partial charge in [0.05, 0.1) is 24.7 Å². The van der Waals surface area contributed by atoms with Crippen molar-refractivity contribution >= 4 is 27.5 Å². The SMILES string of the molecule is CCOc1ccc(NC(=O)CN(C)C(=O)c2cccc(S(=O)(=O)N3CCN(C)CC3)c2)cc1OCC. The van der Waals surface area contributed by atoms with Crippen LogP contribution >= 0.6 is 0 Å². The van der Waals surface area contributed by atoms with Gasteiger partial charge in [-0.25, -0.2) is 8.42 Å². The van der Waals surface area contributed by atoms with Crippen LogP contribution in [0.1, 0.15) is 24.2 Å². The molecule has 0 aromatic heterocycles. The number of rotatable bonds is 10. The maximum atomic E-state index is 13.1. The molecule has 1 fully saturated rings. The highest BCUT2D eigenvalue weighted by Crippen LogP contribution is 2.30. The van der Waals surface area contributed by atoms with Crippen LogP contribution in [-0.4, -0.2) is 94.4 Å². The van der Waals surface area contributed by atoms with E-state index < -0.39 is 21.8 Å². The topological polar surface area (TPSA) is 108 Å². The summed E-state index contributed by atoms with van der Waals surface area (Å²) in [6, 6.07) is 11.0. The Kier molecular flexibility index (Phi) is 9.30. The van der Waals surface area contributed by atoms with Crippen molar-refractivity contribution in [3.05, 3.63) is 48.0 Å². The second-order valence-electron chi connectivity index (χ2n) is 8.47. The number of ether oxygens (including phenoxy) is 2. The molecule has 0 saturated carbocycles. The third-order valence-electron chi connectivity index (χ3n) is 5.74. The Labute approximate surface area is 212 Å². The van der Waals surface area contributed by atoms with Crippen LogP contribution < -0.4 is 14.8 Å². The van der Waals surface area contributed by atoms with Gasteiger partial charge in [-0.2, -0.15) is 4.31 Å². The Hall–Kier alpha value is -3.15. The number of hydrogen-bond acceptors (Lipinski definition) is 7. The lowest BCUT2D eigenvalue weighted by Gasteiger charge is -2.31. The predicted octanol–water partition coefficient (Wildman–Crippen LogP) is 2.13. The first-order valence-corrected chi connectivity index (χ1v) is 13.3. The van der Waals surface area contributed by atoms with Crippen molar-refractivity contribution in [2.24, 2.45) is 0 Å². The number of hydrogen-bond donors (Lipinski definition) is 1. The molecule has 1 aliphatic heterocycles. The van der Waals surface area contributed by atoms with Crippen LogP contribution in [0.15, 0.2) is 47.4 Å². The lowest BCUT2D eigenvalue weighted by Crippen LogP contribution is -2.47. The lowest BCUT2D eigenvalue weighted by molar-refractivity contribution is -0.116. The van der Waals surface area contributed by atoms with Crippen LogP contribution in [0.2, 0.25) is 0 Å². The summed E-state index contributed by atoms with van der Waals surface area (Å²) in [6.45, 7) is 6.52. The van der Waals surface area contributed by atoms with Gasteiger partial charge < -0.3 is 24.6 Å². The number of carbonyl (C=O) groups excluding carboxylic acids is 2. The maximum absolute atomic E-state index is 13.1. The van der Waals surface area contributed by atoms with Crippen LogP contribution in [0.5, 0.6) is 11.5 Å². The first-order chi connectivity index (χ1) is 17.1. The largest absolute Gasteiger partial charge is 0.490 e. The zero-order valence-corrected chi connectivity index (χ0v) is 22.0. The fourth-order valence-corrected chi connectivity index (χ4v) is 5.27. The van der Waals surface area contributed by atoms with Crippen molar-refractivity contribution in [3.63, 3.8) is 0 Å². The molecule has 1 N–H and O–H groups in total. The summed E-state index contributed by atoms with van der Waals surface area (Å²) in [5, 5.41) is 2.75. The molecule has 1 saturated heterocycles. The molecule has 0 bridgehead atoms. The highest BCUT2D eigenvalue weighted by atomic mass is 32.2. The molecule has 36 heavy (non-hydrogen) atoms. The number of anilines is 1. The van der Waals surface area contributed by atoms with E-state index >= 15 is 0 Å². The minimum absolute atomic E-state index is 0.0635. The number of carbonyl (C=O) groups is 2. The predicted molar refractivity (Wildman–Crippen MR) is 137 cm³/mol. The first kappa shape index (κ1) is 27.4. The molecule has 1 aliphatic rings. The van der Waals surface area contributed by atoms with Crippen LogP contribution in [0.3, 0.4) is 0 Å². The quantitative estimate of drug-likeness (QED) is 0.513. The van der Waals surface area contributed by atoms with E-state index in [9.17, 15) is 18.0 Å². The second-order valence-corrected chi connectivity index (χ2v) is 10.4. The van der Waals surface area contributed by atoms with Crippen molar-refractivity contribution in [1.29, 1.82) is 0 Å². The van der Waals surface area contributed by atoms with Crippen molar-refractivity contribution in [1.82, 2.24) is 14.1 Å². The van der Waals surface area contributed by atoms with Gasteiger partial charge in [-0.05, 0) is 51.2 Å². The highest BCUT2D eigenvalue weighted by molar-refractivity contribution is 7.89. The van der Waals surface area contributed by atoms with Gasteiger partial charge in [0.2, 0.25) is 15.9 Å². The van der Waals surface area contributed by atoms with E-state index in [1.54, 1.807) is 30.3 Å². The molecule has 2 aromatic rings. The number of likely N-dealkylation sites (N-methyl/N-ethyl adjacent to an activating group) is 2. The highest BCUT2D eigenvalue weighted by Gasteiger charge is 2.28.